The van der Waals surface area contributed by atoms with Crippen molar-refractivity contribution < 1.29 is 14.6 Å². The van der Waals surface area contributed by atoms with Gasteiger partial charge in [-0.15, -0.1) is 0 Å². The van der Waals surface area contributed by atoms with E-state index in [2.05, 4.69) is 5.32 Å². The quantitative estimate of drug-likeness (QED) is 0.867. The van der Waals surface area contributed by atoms with Gasteiger partial charge in [0, 0.05) is 6.54 Å². The van der Waals surface area contributed by atoms with Crippen molar-refractivity contribution in [1.29, 1.82) is 0 Å². The molecule has 1 aromatic rings. The molecule has 0 saturated carbocycles. The van der Waals surface area contributed by atoms with Gasteiger partial charge >= 0.3 is 0 Å². The molecule has 0 bridgehead atoms. The van der Waals surface area contributed by atoms with Crippen molar-refractivity contribution in [3.8, 4) is 5.75 Å². The predicted octanol–water partition coefficient (Wildman–Crippen LogP) is 1.73. The molecule has 21 heavy (non-hydrogen) atoms. The van der Waals surface area contributed by atoms with Gasteiger partial charge < -0.3 is 15.2 Å². The molecule has 0 spiro atoms. The third kappa shape index (κ3) is 4.44. The second-order valence-corrected chi connectivity index (χ2v) is 5.55. The van der Waals surface area contributed by atoms with Gasteiger partial charge in [-0.2, -0.15) is 0 Å². The zero-order valence-electron chi connectivity index (χ0n) is 12.7. The largest absolute Gasteiger partial charge is 0.492 e. The number of carbonyl (C=O) groups excluding carboxylic acids is 1. The van der Waals surface area contributed by atoms with Crippen LogP contribution < -0.4 is 10.1 Å². The Hall–Kier alpha value is -1.59. The van der Waals surface area contributed by atoms with Gasteiger partial charge in [-0.25, -0.2) is 0 Å². The number of nitrogens with one attached hydrogen (secondary N) is 1. The lowest BCUT2D eigenvalue weighted by molar-refractivity contribution is -0.118. The summed E-state index contributed by atoms with van der Waals surface area (Å²) in [6.07, 6.45) is 0.575. The third-order valence-electron chi connectivity index (χ3n) is 3.83. The third-order valence-corrected chi connectivity index (χ3v) is 3.83. The molecular formula is C16H24N2O3. The van der Waals surface area contributed by atoms with E-state index in [0.717, 1.165) is 13.0 Å². The number of aliphatic hydroxyl groups excluding tert-OH is 1. The predicted molar refractivity (Wildman–Crippen MR) is 82.5 cm³/mol. The van der Waals surface area contributed by atoms with Crippen LogP contribution >= 0.6 is 0 Å². The Morgan fingerprint density at radius 2 is 2.24 bits per heavy atom. The first kappa shape index (κ1) is 15.8. The van der Waals surface area contributed by atoms with Gasteiger partial charge in [-0.3, -0.25) is 9.69 Å². The summed E-state index contributed by atoms with van der Waals surface area (Å²) in [6, 6.07) is 7.41. The minimum Gasteiger partial charge on any atom is -0.492 e. The van der Waals surface area contributed by atoms with Crippen molar-refractivity contribution in [2.75, 3.05) is 31.6 Å². The number of nitrogens with zero attached hydrogens (tertiary/aromatic N) is 1. The van der Waals surface area contributed by atoms with Crippen molar-refractivity contribution in [3.63, 3.8) is 0 Å². The van der Waals surface area contributed by atoms with E-state index in [4.69, 9.17) is 4.74 Å². The lowest BCUT2D eigenvalue weighted by atomic mass is 9.96. The average molecular weight is 292 g/mol. The average Bonchev–Trinajstić information content (AvgIpc) is 2.45. The summed E-state index contributed by atoms with van der Waals surface area (Å²) >= 11 is 0. The fourth-order valence-corrected chi connectivity index (χ4v) is 2.50. The van der Waals surface area contributed by atoms with Crippen LogP contribution in [0, 0.1) is 5.92 Å². The normalized spacial score (nSPS) is 22.8. The molecule has 0 aliphatic carbocycles. The van der Waals surface area contributed by atoms with Gasteiger partial charge in [0.05, 0.1) is 24.9 Å². The minimum absolute atomic E-state index is 0.0797. The molecule has 2 unspecified atom stereocenters. The van der Waals surface area contributed by atoms with Crippen LogP contribution in [0.5, 0.6) is 5.75 Å². The first-order chi connectivity index (χ1) is 10.1. The number of piperidine rings is 1. The first-order valence-corrected chi connectivity index (χ1v) is 7.52. The van der Waals surface area contributed by atoms with E-state index < -0.39 is 0 Å². The van der Waals surface area contributed by atoms with Gasteiger partial charge in [0.2, 0.25) is 5.91 Å². The fourth-order valence-electron chi connectivity index (χ4n) is 2.50. The number of carbonyl (C=O) groups is 1. The number of β-amino-alcohol motifs (C(OH)–C–C–N with tert-alkyl or cyclic N) is 1. The number of benzene rings is 1. The summed E-state index contributed by atoms with van der Waals surface area (Å²) in [5, 5.41) is 12.8. The maximum Gasteiger partial charge on any atom is 0.238 e. The maximum atomic E-state index is 12.1. The number of rotatable bonds is 5. The SMILES string of the molecule is CCOc1ccccc1NC(=O)CN1CCC(C)C(O)C1. The van der Waals surface area contributed by atoms with E-state index >= 15 is 0 Å². The van der Waals surface area contributed by atoms with Crippen LogP contribution in [0.25, 0.3) is 0 Å². The van der Waals surface area contributed by atoms with E-state index in [1.54, 1.807) is 0 Å². The molecule has 1 amide bonds. The summed E-state index contributed by atoms with van der Waals surface area (Å²) in [7, 11) is 0. The van der Waals surface area contributed by atoms with Crippen LogP contribution in [0.2, 0.25) is 0 Å². The lowest BCUT2D eigenvalue weighted by Crippen LogP contribution is -2.45. The molecule has 5 nitrogen and oxygen atoms in total. The Bertz CT molecular complexity index is 478. The van der Waals surface area contributed by atoms with E-state index in [9.17, 15) is 9.90 Å². The molecule has 2 rings (SSSR count). The Morgan fingerprint density at radius 3 is 2.95 bits per heavy atom. The second-order valence-electron chi connectivity index (χ2n) is 5.55. The molecule has 1 heterocycles. The molecule has 5 heteroatoms. The van der Waals surface area contributed by atoms with Crippen LogP contribution in [-0.2, 0) is 4.79 Å². The van der Waals surface area contributed by atoms with E-state index in [1.165, 1.54) is 0 Å². The van der Waals surface area contributed by atoms with Crippen LogP contribution in [-0.4, -0.2) is 48.3 Å². The Balaban J connectivity index is 1.90. The zero-order valence-corrected chi connectivity index (χ0v) is 12.7. The summed E-state index contributed by atoms with van der Waals surface area (Å²) in [4.78, 5) is 14.1. The summed E-state index contributed by atoms with van der Waals surface area (Å²) in [6.45, 7) is 6.21. The Kier molecular flexibility index (Phi) is 5.59. The summed E-state index contributed by atoms with van der Waals surface area (Å²) in [5.74, 6) is 0.910. The number of amides is 1. The van der Waals surface area contributed by atoms with Gasteiger partial charge in [0.25, 0.3) is 0 Å². The van der Waals surface area contributed by atoms with Gasteiger partial charge in [-0.05, 0) is 37.9 Å². The highest BCUT2D eigenvalue weighted by molar-refractivity contribution is 5.93. The van der Waals surface area contributed by atoms with Gasteiger partial charge in [0.1, 0.15) is 5.75 Å². The highest BCUT2D eigenvalue weighted by Gasteiger charge is 2.25. The number of ether oxygens (including phenoxy) is 1. The second kappa shape index (κ2) is 7.43. The standard InChI is InChI=1S/C16H24N2O3/c1-3-21-15-7-5-4-6-13(15)17-16(20)11-18-9-8-12(2)14(19)10-18/h4-7,12,14,19H,3,8-11H2,1-2H3,(H,17,20). The smallest absolute Gasteiger partial charge is 0.238 e. The van der Waals surface area contributed by atoms with Crippen molar-refractivity contribution >= 4 is 11.6 Å². The molecule has 1 fully saturated rings. The Labute approximate surface area is 125 Å². The molecule has 1 saturated heterocycles. The van der Waals surface area contributed by atoms with Crippen molar-refractivity contribution in [2.24, 2.45) is 5.92 Å². The number of aliphatic hydroxyl groups is 1. The highest BCUT2D eigenvalue weighted by atomic mass is 16.5. The molecule has 1 aromatic carbocycles. The van der Waals surface area contributed by atoms with E-state index in [1.807, 2.05) is 43.0 Å². The highest BCUT2D eigenvalue weighted by Crippen LogP contribution is 2.24. The molecule has 0 radical (unpaired) electrons. The Morgan fingerprint density at radius 1 is 1.48 bits per heavy atom. The monoisotopic (exact) mass is 292 g/mol. The van der Waals surface area contributed by atoms with Crippen LogP contribution in [0.15, 0.2) is 24.3 Å². The first-order valence-electron chi connectivity index (χ1n) is 7.52. The van der Waals surface area contributed by atoms with Crippen molar-refractivity contribution in [3.05, 3.63) is 24.3 Å². The maximum absolute atomic E-state index is 12.1. The molecule has 0 aromatic heterocycles. The summed E-state index contributed by atoms with van der Waals surface area (Å²) in [5.41, 5.74) is 0.690. The number of anilines is 1. The lowest BCUT2D eigenvalue weighted by Gasteiger charge is -2.33. The number of likely N-dealkylation sites (tertiary alicyclic amines) is 1. The van der Waals surface area contributed by atoms with E-state index in [-0.39, 0.29) is 12.0 Å². The topological polar surface area (TPSA) is 61.8 Å². The molecule has 1 aliphatic rings. The molecule has 2 N–H and O–H groups in total. The minimum atomic E-state index is -0.345. The zero-order chi connectivity index (χ0) is 15.2. The number of hydrogen-bond acceptors (Lipinski definition) is 4. The molecule has 116 valence electrons. The number of para-hydroxylation sites is 2. The number of hydrogen-bond donors (Lipinski definition) is 2. The van der Waals surface area contributed by atoms with Crippen molar-refractivity contribution in [1.82, 2.24) is 4.90 Å². The van der Waals surface area contributed by atoms with Crippen LogP contribution in [0.4, 0.5) is 5.69 Å². The molecule has 1 aliphatic heterocycles. The summed E-state index contributed by atoms with van der Waals surface area (Å²) < 4.78 is 5.49. The van der Waals surface area contributed by atoms with Crippen molar-refractivity contribution in [2.45, 2.75) is 26.4 Å². The van der Waals surface area contributed by atoms with Crippen LogP contribution in [0.3, 0.4) is 0 Å². The van der Waals surface area contributed by atoms with Gasteiger partial charge in [0.15, 0.2) is 0 Å². The van der Waals surface area contributed by atoms with Gasteiger partial charge in [-0.1, -0.05) is 19.1 Å². The van der Waals surface area contributed by atoms with Crippen LogP contribution in [0.1, 0.15) is 20.3 Å². The molecular weight excluding hydrogens is 268 g/mol. The fraction of sp³-hybridized carbons (Fsp3) is 0.562. The molecule has 2 atom stereocenters. The van der Waals surface area contributed by atoms with E-state index in [0.29, 0.717) is 37.1 Å².